The molecule has 1 saturated carbocycles. The summed E-state index contributed by atoms with van der Waals surface area (Å²) < 4.78 is 1.95. The van der Waals surface area contributed by atoms with Gasteiger partial charge in [-0.15, -0.1) is 0 Å². The fourth-order valence-corrected chi connectivity index (χ4v) is 4.57. The number of amides is 1. The molecular formula is C20H25N3O. The molecule has 1 heterocycles. The van der Waals surface area contributed by atoms with E-state index in [-0.39, 0.29) is 17.2 Å². The van der Waals surface area contributed by atoms with E-state index in [4.69, 9.17) is 0 Å². The Labute approximate surface area is 143 Å². The van der Waals surface area contributed by atoms with Crippen LogP contribution in [0.25, 0.3) is 0 Å². The third-order valence-corrected chi connectivity index (χ3v) is 5.94. The van der Waals surface area contributed by atoms with Crippen LogP contribution in [0.3, 0.4) is 0 Å². The molecule has 2 aromatic rings. The zero-order valence-electron chi connectivity index (χ0n) is 14.7. The average Bonchev–Trinajstić information content (AvgIpc) is 3.24. The summed E-state index contributed by atoms with van der Waals surface area (Å²) in [6.45, 7) is 6.88. The second-order valence-corrected chi connectivity index (χ2v) is 7.27. The number of carbonyl (C=O) groups is 1. The van der Waals surface area contributed by atoms with Crippen molar-refractivity contribution in [1.29, 1.82) is 0 Å². The molecule has 1 spiro atoms. The highest BCUT2D eigenvalue weighted by Gasteiger charge is 2.60. The molecule has 0 radical (unpaired) electrons. The lowest BCUT2D eigenvalue weighted by molar-refractivity contribution is -0.117. The molecule has 1 aromatic carbocycles. The number of carbonyl (C=O) groups excluding carboxylic acids is 1. The first kappa shape index (κ1) is 15.4. The van der Waals surface area contributed by atoms with Crippen molar-refractivity contribution in [3.8, 4) is 0 Å². The number of fused-ring (bicyclic) bond motifs is 2. The smallest absolute Gasteiger partial charge is 0.228 e. The van der Waals surface area contributed by atoms with E-state index in [2.05, 4.69) is 41.6 Å². The Morgan fingerprint density at radius 2 is 2.17 bits per heavy atom. The van der Waals surface area contributed by atoms with E-state index in [1.807, 2.05) is 18.5 Å². The van der Waals surface area contributed by atoms with Crippen LogP contribution < -0.4 is 5.32 Å². The Hall–Kier alpha value is -2.10. The van der Waals surface area contributed by atoms with E-state index in [1.54, 1.807) is 0 Å². The fraction of sp³-hybridized carbons (Fsp3) is 0.500. The Morgan fingerprint density at radius 1 is 1.38 bits per heavy atom. The van der Waals surface area contributed by atoms with Crippen molar-refractivity contribution >= 4 is 11.6 Å². The molecule has 0 aliphatic heterocycles. The quantitative estimate of drug-likeness (QED) is 0.935. The summed E-state index contributed by atoms with van der Waals surface area (Å²) in [7, 11) is 0. The van der Waals surface area contributed by atoms with Crippen LogP contribution in [0.4, 0.5) is 5.69 Å². The number of nitrogens with one attached hydrogen (secondary N) is 1. The monoisotopic (exact) mass is 323 g/mol. The molecule has 2 aliphatic carbocycles. The summed E-state index contributed by atoms with van der Waals surface area (Å²) in [5, 5.41) is 7.68. The van der Waals surface area contributed by atoms with Crippen molar-refractivity contribution in [2.45, 2.75) is 58.4 Å². The fourth-order valence-electron chi connectivity index (χ4n) is 4.57. The normalized spacial score (nSPS) is 24.7. The van der Waals surface area contributed by atoms with Gasteiger partial charge in [0.2, 0.25) is 5.91 Å². The van der Waals surface area contributed by atoms with Crippen molar-refractivity contribution in [2.75, 3.05) is 5.32 Å². The molecule has 24 heavy (non-hydrogen) atoms. The van der Waals surface area contributed by atoms with Crippen molar-refractivity contribution in [2.24, 2.45) is 5.92 Å². The number of aromatic nitrogens is 2. The second kappa shape index (κ2) is 5.47. The van der Waals surface area contributed by atoms with E-state index in [9.17, 15) is 4.79 Å². The topological polar surface area (TPSA) is 46.9 Å². The standard InChI is InChI=1S/C20H25N3O/c1-4-23-14(3)18(13(2)22-23)21-19(24)17-12-20(17)11-7-9-15-8-5-6-10-16(15)20/h5-6,8,10,17H,4,7,9,11-12H2,1-3H3,(H,21,24). The first-order valence-corrected chi connectivity index (χ1v) is 9.00. The van der Waals surface area contributed by atoms with Gasteiger partial charge in [-0.2, -0.15) is 5.10 Å². The van der Waals surface area contributed by atoms with Gasteiger partial charge in [0.15, 0.2) is 0 Å². The van der Waals surface area contributed by atoms with E-state index < -0.39 is 0 Å². The maximum Gasteiger partial charge on any atom is 0.228 e. The van der Waals surface area contributed by atoms with Gasteiger partial charge in [-0.1, -0.05) is 24.3 Å². The number of hydrogen-bond donors (Lipinski definition) is 1. The Bertz CT molecular complexity index is 807. The molecule has 1 aromatic heterocycles. The number of rotatable bonds is 3. The molecule has 1 fully saturated rings. The molecule has 2 atom stereocenters. The van der Waals surface area contributed by atoms with Gasteiger partial charge < -0.3 is 5.32 Å². The molecule has 4 heteroatoms. The van der Waals surface area contributed by atoms with Gasteiger partial charge in [-0.3, -0.25) is 9.48 Å². The zero-order valence-corrected chi connectivity index (χ0v) is 14.7. The van der Waals surface area contributed by atoms with Crippen molar-refractivity contribution in [3.63, 3.8) is 0 Å². The third-order valence-electron chi connectivity index (χ3n) is 5.94. The maximum atomic E-state index is 12.9. The number of benzene rings is 1. The van der Waals surface area contributed by atoms with Crippen LogP contribution in [-0.2, 0) is 23.2 Å². The highest BCUT2D eigenvalue weighted by atomic mass is 16.2. The van der Waals surface area contributed by atoms with E-state index in [0.29, 0.717) is 0 Å². The number of aryl methyl sites for hydroxylation is 3. The molecule has 4 nitrogen and oxygen atoms in total. The molecule has 2 aliphatic rings. The third kappa shape index (κ3) is 2.20. The zero-order chi connectivity index (χ0) is 16.9. The Morgan fingerprint density at radius 3 is 2.92 bits per heavy atom. The van der Waals surface area contributed by atoms with Gasteiger partial charge in [-0.25, -0.2) is 0 Å². The van der Waals surface area contributed by atoms with Crippen LogP contribution in [0.2, 0.25) is 0 Å². The average molecular weight is 323 g/mol. The van der Waals surface area contributed by atoms with Crippen LogP contribution in [0.1, 0.15) is 48.7 Å². The minimum absolute atomic E-state index is 0.0848. The first-order chi connectivity index (χ1) is 11.6. The minimum atomic E-state index is 0.0848. The summed E-state index contributed by atoms with van der Waals surface area (Å²) in [6.07, 6.45) is 4.45. The van der Waals surface area contributed by atoms with E-state index >= 15 is 0 Å². The predicted molar refractivity (Wildman–Crippen MR) is 95.2 cm³/mol. The van der Waals surface area contributed by atoms with Crippen LogP contribution in [0, 0.1) is 19.8 Å². The molecule has 1 amide bonds. The van der Waals surface area contributed by atoms with Crippen LogP contribution >= 0.6 is 0 Å². The summed E-state index contributed by atoms with van der Waals surface area (Å²) in [6, 6.07) is 8.68. The lowest BCUT2D eigenvalue weighted by Gasteiger charge is -2.26. The summed E-state index contributed by atoms with van der Waals surface area (Å²) in [4.78, 5) is 12.9. The van der Waals surface area contributed by atoms with Gasteiger partial charge in [0.25, 0.3) is 0 Å². The van der Waals surface area contributed by atoms with Crippen molar-refractivity contribution in [1.82, 2.24) is 9.78 Å². The largest absolute Gasteiger partial charge is 0.323 e. The first-order valence-electron chi connectivity index (χ1n) is 9.00. The second-order valence-electron chi connectivity index (χ2n) is 7.27. The van der Waals surface area contributed by atoms with Crippen LogP contribution in [-0.4, -0.2) is 15.7 Å². The highest BCUT2D eigenvalue weighted by molar-refractivity contribution is 5.97. The van der Waals surface area contributed by atoms with Gasteiger partial charge >= 0.3 is 0 Å². The SMILES string of the molecule is CCn1nc(C)c(NC(=O)C2CC23CCCc2ccccc23)c1C. The lowest BCUT2D eigenvalue weighted by Crippen LogP contribution is -2.25. The molecular weight excluding hydrogens is 298 g/mol. The summed E-state index contributed by atoms with van der Waals surface area (Å²) in [5.74, 6) is 0.260. The Kier molecular flexibility index (Phi) is 3.52. The number of nitrogens with zero attached hydrogens (tertiary/aromatic N) is 2. The molecule has 2 unspecified atom stereocenters. The number of anilines is 1. The predicted octanol–water partition coefficient (Wildman–Crippen LogP) is 3.75. The lowest BCUT2D eigenvalue weighted by atomic mass is 9.78. The van der Waals surface area contributed by atoms with Gasteiger partial charge in [-0.05, 0) is 57.6 Å². The summed E-state index contributed by atoms with van der Waals surface area (Å²) >= 11 is 0. The van der Waals surface area contributed by atoms with Gasteiger partial charge in [0.05, 0.1) is 17.1 Å². The van der Waals surface area contributed by atoms with Crippen LogP contribution in [0.5, 0.6) is 0 Å². The molecule has 4 rings (SSSR count). The minimum Gasteiger partial charge on any atom is -0.323 e. The van der Waals surface area contributed by atoms with Gasteiger partial charge in [0.1, 0.15) is 0 Å². The van der Waals surface area contributed by atoms with Gasteiger partial charge in [0, 0.05) is 17.9 Å². The molecule has 126 valence electrons. The summed E-state index contributed by atoms with van der Waals surface area (Å²) in [5.41, 5.74) is 5.78. The molecule has 0 bridgehead atoms. The Balaban J connectivity index is 1.58. The molecule has 0 saturated heterocycles. The van der Waals surface area contributed by atoms with E-state index in [0.717, 1.165) is 42.9 Å². The van der Waals surface area contributed by atoms with Crippen LogP contribution in [0.15, 0.2) is 24.3 Å². The van der Waals surface area contributed by atoms with Crippen molar-refractivity contribution in [3.05, 3.63) is 46.8 Å². The van der Waals surface area contributed by atoms with Crippen molar-refractivity contribution < 1.29 is 4.79 Å². The maximum absolute atomic E-state index is 12.9. The number of hydrogen-bond acceptors (Lipinski definition) is 2. The molecule has 1 N–H and O–H groups in total. The van der Waals surface area contributed by atoms with E-state index in [1.165, 1.54) is 17.5 Å². The highest BCUT2D eigenvalue weighted by Crippen LogP contribution is 2.60.